The maximum absolute atomic E-state index is 2.40. The van der Waals surface area contributed by atoms with E-state index in [-0.39, 0.29) is 11.3 Å². The Bertz CT molecular complexity index is 1870. The quantitative estimate of drug-likeness (QED) is 0.113. The van der Waals surface area contributed by atoms with Crippen molar-refractivity contribution in [3.63, 3.8) is 0 Å². The van der Waals surface area contributed by atoms with E-state index in [1.165, 1.54) is 0 Å². The van der Waals surface area contributed by atoms with Crippen molar-refractivity contribution in [1.82, 2.24) is 0 Å². The van der Waals surface area contributed by atoms with E-state index in [9.17, 15) is 0 Å². The lowest BCUT2D eigenvalue weighted by Crippen LogP contribution is -2.53. The van der Waals surface area contributed by atoms with Gasteiger partial charge in [0.2, 0.25) is 0 Å². The van der Waals surface area contributed by atoms with Gasteiger partial charge < -0.3 is 19.6 Å². The van der Waals surface area contributed by atoms with Crippen LogP contribution < -0.4 is 19.6 Å². The van der Waals surface area contributed by atoms with E-state index in [2.05, 4.69) is 290 Å². The van der Waals surface area contributed by atoms with Crippen LogP contribution >= 0.6 is 0 Å². The zero-order chi connectivity index (χ0) is 56.2. The molecule has 0 unspecified atom stereocenters. The van der Waals surface area contributed by atoms with Crippen molar-refractivity contribution in [3.05, 3.63) is 243 Å². The molecule has 4 nitrogen and oxygen atoms in total. The van der Waals surface area contributed by atoms with Crippen LogP contribution in [0.2, 0.25) is 0 Å². The Kier molecular flexibility index (Phi) is 39.6. The molecular weight excluding hydrogens is 897 g/mol. The maximum atomic E-state index is 2.40. The van der Waals surface area contributed by atoms with E-state index in [0.29, 0.717) is 0 Å². The molecule has 0 heterocycles. The highest BCUT2D eigenvalue weighted by atomic mass is 15.4. The molecule has 0 spiro atoms. The first-order valence-electron chi connectivity index (χ1n) is 28.0. The Morgan fingerprint density at radius 1 is 0.162 bits per heavy atom. The lowest BCUT2D eigenvalue weighted by Gasteiger charge is -2.49. The third kappa shape index (κ3) is 20.8. The molecule has 0 atom stereocenters. The van der Waals surface area contributed by atoms with Gasteiger partial charge in [0.05, 0.1) is 0 Å². The first kappa shape index (κ1) is 69.0. The van der Waals surface area contributed by atoms with Crippen LogP contribution in [-0.4, -0.2) is 11.3 Å². The summed E-state index contributed by atoms with van der Waals surface area (Å²) in [7, 11) is 0. The van der Waals surface area contributed by atoms with Crippen molar-refractivity contribution < 1.29 is 0 Å². The SMILES string of the molecule is CC.CC.CC.CC.CC.CC.CC.CC.CC(C)(N(c1ccccc1)c1ccccc1)N(c1ccccc1)c1ccccc1.CC(C)(N(c1ccccc1)c1ccccc1)N(c1ccccc1)c1ccccc1. The fraction of sp³-hybridized carbons (Fsp3) is 0.314. The van der Waals surface area contributed by atoms with Crippen LogP contribution in [0.4, 0.5) is 45.5 Å². The Morgan fingerprint density at radius 3 is 0.324 bits per heavy atom. The molecule has 0 saturated carbocycles. The van der Waals surface area contributed by atoms with Gasteiger partial charge >= 0.3 is 0 Å². The van der Waals surface area contributed by atoms with Crippen LogP contribution in [0.15, 0.2) is 243 Å². The third-order valence-electron chi connectivity index (χ3n) is 10.3. The molecule has 8 aromatic carbocycles. The molecule has 0 fully saturated rings. The minimum atomic E-state index is -0.384. The molecular formula is C70H100N4. The topological polar surface area (TPSA) is 13.0 Å². The van der Waals surface area contributed by atoms with E-state index in [4.69, 9.17) is 0 Å². The second-order valence-electron chi connectivity index (χ2n) is 15.0. The normalized spacial score (nSPS) is 9.35. The molecule has 0 amide bonds. The van der Waals surface area contributed by atoms with Crippen LogP contribution in [-0.2, 0) is 0 Å². The summed E-state index contributed by atoms with van der Waals surface area (Å²) in [5.41, 5.74) is 8.46. The van der Waals surface area contributed by atoms with Crippen LogP contribution in [0.5, 0.6) is 0 Å². The Labute approximate surface area is 455 Å². The molecule has 4 heteroatoms. The van der Waals surface area contributed by atoms with Gasteiger partial charge in [-0.3, -0.25) is 0 Å². The van der Waals surface area contributed by atoms with Gasteiger partial charge in [-0.05, 0) is 125 Å². The number of nitrogens with zero attached hydrogens (tertiary/aromatic N) is 4. The third-order valence-corrected chi connectivity index (χ3v) is 10.3. The zero-order valence-electron chi connectivity index (χ0n) is 49.9. The first-order chi connectivity index (χ1) is 36.4. The summed E-state index contributed by atoms with van der Waals surface area (Å²) in [6.07, 6.45) is 0. The highest BCUT2D eigenvalue weighted by Gasteiger charge is 2.37. The minimum Gasteiger partial charge on any atom is -0.318 e. The molecule has 0 aromatic heterocycles. The van der Waals surface area contributed by atoms with E-state index in [1.54, 1.807) is 0 Å². The summed E-state index contributed by atoms with van der Waals surface area (Å²) in [4.78, 5) is 9.58. The van der Waals surface area contributed by atoms with Crippen molar-refractivity contribution in [1.29, 1.82) is 0 Å². The van der Waals surface area contributed by atoms with Crippen molar-refractivity contribution in [2.45, 2.75) is 150 Å². The largest absolute Gasteiger partial charge is 0.318 e. The molecule has 0 aliphatic rings. The predicted octanol–water partition coefficient (Wildman–Crippen LogP) is 23.0. The van der Waals surface area contributed by atoms with Gasteiger partial charge in [-0.1, -0.05) is 256 Å². The summed E-state index contributed by atoms with van der Waals surface area (Å²) >= 11 is 0. The summed E-state index contributed by atoms with van der Waals surface area (Å²) in [5.74, 6) is 0. The van der Waals surface area contributed by atoms with Gasteiger partial charge in [0, 0.05) is 45.5 Å². The van der Waals surface area contributed by atoms with Crippen LogP contribution in [0.3, 0.4) is 0 Å². The van der Waals surface area contributed by atoms with Gasteiger partial charge in [-0.25, -0.2) is 0 Å². The minimum absolute atomic E-state index is 0.384. The molecule has 0 radical (unpaired) electrons. The molecule has 0 N–H and O–H groups in total. The van der Waals surface area contributed by atoms with Crippen molar-refractivity contribution >= 4 is 45.5 Å². The highest BCUT2D eigenvalue weighted by molar-refractivity contribution is 5.75. The lowest BCUT2D eigenvalue weighted by atomic mass is 10.0. The molecule has 0 aliphatic heterocycles. The second kappa shape index (κ2) is 42.5. The van der Waals surface area contributed by atoms with Gasteiger partial charge in [-0.15, -0.1) is 0 Å². The van der Waals surface area contributed by atoms with Crippen LogP contribution in [0.1, 0.15) is 138 Å². The average Bonchev–Trinajstić information content (AvgIpc) is 3.49. The molecule has 0 saturated heterocycles. The molecule has 8 aromatic rings. The Hall–Kier alpha value is -7.04. The van der Waals surface area contributed by atoms with Crippen molar-refractivity contribution in [3.8, 4) is 0 Å². The molecule has 400 valence electrons. The molecule has 8 rings (SSSR count). The number of benzene rings is 8. The van der Waals surface area contributed by atoms with E-state index >= 15 is 0 Å². The Balaban J connectivity index is 0. The first-order valence-corrected chi connectivity index (χ1v) is 28.0. The number of hydrogen-bond donors (Lipinski definition) is 0. The maximum Gasteiger partial charge on any atom is 0.116 e. The number of rotatable bonds is 12. The summed E-state index contributed by atoms with van der Waals surface area (Å²) < 4.78 is 0. The molecule has 74 heavy (non-hydrogen) atoms. The van der Waals surface area contributed by atoms with Crippen molar-refractivity contribution in [2.75, 3.05) is 19.6 Å². The van der Waals surface area contributed by atoms with E-state index in [0.717, 1.165) is 45.5 Å². The standard InChI is InChI=1S/2C27H26N2.8C2H6/c2*1-27(2,28(23-15-7-3-8-16-23)24-17-9-4-10-18-24)29(25-19-11-5-12-20-25)26-21-13-6-14-22-26;8*1-2/h2*3-22H,1-2H3;8*1-2H3. The number of para-hydroxylation sites is 8. The van der Waals surface area contributed by atoms with E-state index < -0.39 is 0 Å². The fourth-order valence-corrected chi connectivity index (χ4v) is 7.94. The van der Waals surface area contributed by atoms with Gasteiger partial charge in [0.25, 0.3) is 0 Å². The van der Waals surface area contributed by atoms with Crippen LogP contribution in [0.25, 0.3) is 0 Å². The average molecular weight is 998 g/mol. The highest BCUT2D eigenvalue weighted by Crippen LogP contribution is 2.43. The summed E-state index contributed by atoms with van der Waals surface area (Å²) in [5, 5.41) is 0. The zero-order valence-corrected chi connectivity index (χ0v) is 49.9. The summed E-state index contributed by atoms with van der Waals surface area (Å²) in [6, 6.07) is 84.7. The predicted molar refractivity (Wildman–Crippen MR) is 339 cm³/mol. The van der Waals surface area contributed by atoms with Crippen molar-refractivity contribution in [2.24, 2.45) is 0 Å². The fourth-order valence-electron chi connectivity index (χ4n) is 7.94. The molecule has 0 aliphatic carbocycles. The van der Waals surface area contributed by atoms with Gasteiger partial charge in [-0.2, -0.15) is 0 Å². The molecule has 0 bridgehead atoms. The second-order valence-corrected chi connectivity index (χ2v) is 15.0. The van der Waals surface area contributed by atoms with E-state index in [1.807, 2.05) is 111 Å². The lowest BCUT2D eigenvalue weighted by molar-refractivity contribution is 0.514. The Morgan fingerprint density at radius 2 is 0.243 bits per heavy atom. The number of hydrogen-bond acceptors (Lipinski definition) is 4. The van der Waals surface area contributed by atoms with Crippen LogP contribution in [0, 0.1) is 0 Å². The smallest absolute Gasteiger partial charge is 0.116 e. The van der Waals surface area contributed by atoms with Gasteiger partial charge in [0.15, 0.2) is 0 Å². The monoisotopic (exact) mass is 997 g/mol. The van der Waals surface area contributed by atoms with Gasteiger partial charge in [0.1, 0.15) is 11.3 Å². The number of anilines is 8. The summed E-state index contributed by atoms with van der Waals surface area (Å²) in [6.45, 7) is 41.1.